The molecule has 0 saturated carbocycles. The molecule has 0 aliphatic rings. The smallest absolute Gasteiger partial charge is 0.137 e. The minimum Gasteiger partial charge on any atom is -0.306 e. The Morgan fingerprint density at radius 3 is 2.29 bits per heavy atom. The molecule has 2 aromatic rings. The Bertz CT molecular complexity index is 580. The third kappa shape index (κ3) is 4.14. The summed E-state index contributed by atoms with van der Waals surface area (Å²) in [6.45, 7) is 5.22. The molecule has 112 valence electrons. The third-order valence-corrected chi connectivity index (χ3v) is 4.20. The second-order valence-electron chi connectivity index (χ2n) is 5.16. The Labute approximate surface area is 134 Å². The van der Waals surface area contributed by atoms with Crippen molar-refractivity contribution < 1.29 is 4.39 Å². The van der Waals surface area contributed by atoms with E-state index >= 15 is 0 Å². The van der Waals surface area contributed by atoms with E-state index in [2.05, 4.69) is 59.4 Å². The fraction of sp³-hybridized carbons (Fsp3) is 0.333. The van der Waals surface area contributed by atoms with E-state index in [4.69, 9.17) is 0 Å². The van der Waals surface area contributed by atoms with Crippen LogP contribution in [-0.4, -0.2) is 6.54 Å². The van der Waals surface area contributed by atoms with Gasteiger partial charge in [0.1, 0.15) is 5.82 Å². The van der Waals surface area contributed by atoms with Gasteiger partial charge in [-0.3, -0.25) is 0 Å². The molecule has 1 N–H and O–H groups in total. The van der Waals surface area contributed by atoms with E-state index in [-0.39, 0.29) is 11.9 Å². The standard InChI is InChI=1S/C18H21BrFN/c1-3-11-21-18(14-7-5-13(4-2)6-8-14)15-9-10-17(20)16(19)12-15/h5-10,12,18,21H,3-4,11H2,1-2H3. The summed E-state index contributed by atoms with van der Waals surface area (Å²) >= 11 is 3.28. The van der Waals surface area contributed by atoms with Crippen LogP contribution < -0.4 is 5.32 Å². The zero-order valence-corrected chi connectivity index (χ0v) is 14.1. The molecule has 0 fully saturated rings. The summed E-state index contributed by atoms with van der Waals surface area (Å²) in [4.78, 5) is 0. The van der Waals surface area contributed by atoms with Crippen molar-refractivity contribution in [3.8, 4) is 0 Å². The van der Waals surface area contributed by atoms with Crippen molar-refractivity contribution in [3.63, 3.8) is 0 Å². The summed E-state index contributed by atoms with van der Waals surface area (Å²) < 4.78 is 14.0. The van der Waals surface area contributed by atoms with Crippen LogP contribution in [0.3, 0.4) is 0 Å². The van der Waals surface area contributed by atoms with Gasteiger partial charge in [-0.25, -0.2) is 4.39 Å². The maximum Gasteiger partial charge on any atom is 0.137 e. The number of hydrogen-bond acceptors (Lipinski definition) is 1. The molecule has 1 unspecified atom stereocenters. The van der Waals surface area contributed by atoms with Gasteiger partial charge in [-0.2, -0.15) is 0 Å². The summed E-state index contributed by atoms with van der Waals surface area (Å²) in [7, 11) is 0. The molecular formula is C18H21BrFN. The molecule has 0 heterocycles. The number of hydrogen-bond donors (Lipinski definition) is 1. The highest BCUT2D eigenvalue weighted by molar-refractivity contribution is 9.10. The van der Waals surface area contributed by atoms with E-state index in [1.165, 1.54) is 17.2 Å². The molecule has 21 heavy (non-hydrogen) atoms. The highest BCUT2D eigenvalue weighted by atomic mass is 79.9. The molecule has 0 saturated heterocycles. The van der Waals surface area contributed by atoms with Gasteiger partial charge in [0.25, 0.3) is 0 Å². The fourth-order valence-corrected chi connectivity index (χ4v) is 2.75. The Morgan fingerprint density at radius 1 is 1.05 bits per heavy atom. The largest absolute Gasteiger partial charge is 0.306 e. The Kier molecular flexibility index (Phi) is 5.95. The summed E-state index contributed by atoms with van der Waals surface area (Å²) in [6.07, 6.45) is 2.10. The van der Waals surface area contributed by atoms with Gasteiger partial charge in [0.2, 0.25) is 0 Å². The minimum absolute atomic E-state index is 0.0905. The van der Waals surface area contributed by atoms with Crippen molar-refractivity contribution in [3.05, 3.63) is 69.4 Å². The lowest BCUT2D eigenvalue weighted by atomic mass is 9.97. The van der Waals surface area contributed by atoms with E-state index in [1.54, 1.807) is 0 Å². The molecule has 0 aromatic heterocycles. The molecule has 1 atom stereocenters. The molecule has 2 rings (SSSR count). The van der Waals surface area contributed by atoms with Crippen molar-refractivity contribution >= 4 is 15.9 Å². The van der Waals surface area contributed by atoms with Gasteiger partial charge >= 0.3 is 0 Å². The second-order valence-corrected chi connectivity index (χ2v) is 6.01. The number of aryl methyl sites for hydroxylation is 1. The molecule has 0 aliphatic heterocycles. The number of halogens is 2. The van der Waals surface area contributed by atoms with Crippen LogP contribution in [0.1, 0.15) is 43.0 Å². The monoisotopic (exact) mass is 349 g/mol. The van der Waals surface area contributed by atoms with E-state index in [1.807, 2.05) is 12.1 Å². The average molecular weight is 350 g/mol. The summed E-state index contributed by atoms with van der Waals surface area (Å²) in [6, 6.07) is 13.9. The van der Waals surface area contributed by atoms with Crippen molar-refractivity contribution in [2.24, 2.45) is 0 Å². The average Bonchev–Trinajstić information content (AvgIpc) is 2.51. The number of benzene rings is 2. The van der Waals surface area contributed by atoms with Crippen molar-refractivity contribution in [2.75, 3.05) is 6.54 Å². The van der Waals surface area contributed by atoms with Gasteiger partial charge in [-0.05, 0) is 64.1 Å². The second kappa shape index (κ2) is 7.71. The first-order chi connectivity index (χ1) is 10.2. The molecule has 1 nitrogen and oxygen atoms in total. The van der Waals surface area contributed by atoms with Crippen LogP contribution in [0.25, 0.3) is 0 Å². The maximum absolute atomic E-state index is 13.4. The van der Waals surface area contributed by atoms with Crippen LogP contribution in [0.15, 0.2) is 46.9 Å². The number of rotatable bonds is 6. The van der Waals surface area contributed by atoms with Crippen LogP contribution in [0.5, 0.6) is 0 Å². The molecule has 3 heteroatoms. The van der Waals surface area contributed by atoms with E-state index < -0.39 is 0 Å². The Morgan fingerprint density at radius 2 is 1.71 bits per heavy atom. The zero-order valence-electron chi connectivity index (χ0n) is 12.5. The lowest BCUT2D eigenvalue weighted by Crippen LogP contribution is -2.23. The van der Waals surface area contributed by atoms with Gasteiger partial charge in [-0.1, -0.05) is 44.2 Å². The van der Waals surface area contributed by atoms with Gasteiger partial charge < -0.3 is 5.32 Å². The minimum atomic E-state index is -0.227. The van der Waals surface area contributed by atoms with Crippen LogP contribution in [0.2, 0.25) is 0 Å². The predicted molar refractivity (Wildman–Crippen MR) is 90.1 cm³/mol. The normalized spacial score (nSPS) is 12.4. The first kappa shape index (κ1) is 16.2. The molecule has 0 aliphatic carbocycles. The molecule has 0 bridgehead atoms. The molecule has 0 spiro atoms. The summed E-state index contributed by atoms with van der Waals surface area (Å²) in [5.41, 5.74) is 3.61. The lowest BCUT2D eigenvalue weighted by molar-refractivity contribution is 0.591. The van der Waals surface area contributed by atoms with Gasteiger partial charge in [0.05, 0.1) is 10.5 Å². The lowest BCUT2D eigenvalue weighted by Gasteiger charge is -2.20. The highest BCUT2D eigenvalue weighted by Crippen LogP contribution is 2.26. The van der Waals surface area contributed by atoms with Crippen molar-refractivity contribution in [1.29, 1.82) is 0 Å². The van der Waals surface area contributed by atoms with Crippen molar-refractivity contribution in [1.82, 2.24) is 5.32 Å². The predicted octanol–water partition coefficient (Wildman–Crippen LogP) is 5.24. The van der Waals surface area contributed by atoms with Crippen LogP contribution in [0.4, 0.5) is 4.39 Å². The van der Waals surface area contributed by atoms with Gasteiger partial charge in [0.15, 0.2) is 0 Å². The first-order valence-electron chi connectivity index (χ1n) is 7.42. The Balaban J connectivity index is 2.33. The maximum atomic E-state index is 13.4. The third-order valence-electron chi connectivity index (χ3n) is 3.60. The highest BCUT2D eigenvalue weighted by Gasteiger charge is 2.14. The fourth-order valence-electron chi connectivity index (χ4n) is 2.35. The van der Waals surface area contributed by atoms with E-state index in [0.717, 1.165) is 24.9 Å². The van der Waals surface area contributed by atoms with Gasteiger partial charge in [-0.15, -0.1) is 0 Å². The zero-order chi connectivity index (χ0) is 15.2. The summed E-state index contributed by atoms with van der Waals surface area (Å²) in [5.74, 6) is -0.227. The van der Waals surface area contributed by atoms with Crippen molar-refractivity contribution in [2.45, 2.75) is 32.7 Å². The Hall–Kier alpha value is -1.19. The SMILES string of the molecule is CCCNC(c1ccc(CC)cc1)c1ccc(F)c(Br)c1. The first-order valence-corrected chi connectivity index (χ1v) is 8.22. The van der Waals surface area contributed by atoms with Crippen LogP contribution in [0, 0.1) is 5.82 Å². The van der Waals surface area contributed by atoms with Crippen LogP contribution >= 0.6 is 15.9 Å². The molecule has 0 radical (unpaired) electrons. The molecular weight excluding hydrogens is 329 g/mol. The van der Waals surface area contributed by atoms with E-state index in [0.29, 0.717) is 4.47 Å². The summed E-state index contributed by atoms with van der Waals surface area (Å²) in [5, 5.41) is 3.54. The van der Waals surface area contributed by atoms with Gasteiger partial charge in [0, 0.05) is 0 Å². The van der Waals surface area contributed by atoms with Crippen LogP contribution in [-0.2, 0) is 6.42 Å². The van der Waals surface area contributed by atoms with E-state index in [9.17, 15) is 4.39 Å². The molecule has 0 amide bonds. The number of nitrogens with one attached hydrogen (secondary N) is 1. The quantitative estimate of drug-likeness (QED) is 0.751. The molecule has 2 aromatic carbocycles. The topological polar surface area (TPSA) is 12.0 Å².